The monoisotopic (exact) mass is 214 g/mol. The van der Waals surface area contributed by atoms with Crippen LogP contribution in [0.2, 0.25) is 0 Å². The number of aromatic nitrogens is 2. The summed E-state index contributed by atoms with van der Waals surface area (Å²) in [6.45, 7) is 6.31. The predicted octanol–water partition coefficient (Wildman–Crippen LogP) is 1.58. The van der Waals surface area contributed by atoms with Crippen LogP contribution in [-0.4, -0.2) is 0 Å². The number of pyridine rings is 2. The molecule has 0 fully saturated rings. The molecule has 0 saturated carbocycles. The van der Waals surface area contributed by atoms with Gasteiger partial charge in [-0.1, -0.05) is 12.1 Å². The first kappa shape index (κ1) is 10.8. The van der Waals surface area contributed by atoms with Gasteiger partial charge in [0.2, 0.25) is 13.1 Å². The summed E-state index contributed by atoms with van der Waals surface area (Å²) in [7, 11) is 0. The molecule has 2 aromatic heterocycles. The van der Waals surface area contributed by atoms with Crippen LogP contribution in [0.3, 0.4) is 0 Å². The van der Waals surface area contributed by atoms with Crippen molar-refractivity contribution in [2.45, 2.75) is 26.9 Å². The topological polar surface area (TPSA) is 7.76 Å². The molecule has 0 bridgehead atoms. The molecule has 0 aromatic carbocycles. The third kappa shape index (κ3) is 2.45. The van der Waals surface area contributed by atoms with Crippen LogP contribution in [0.1, 0.15) is 11.4 Å². The van der Waals surface area contributed by atoms with Crippen molar-refractivity contribution in [2.75, 3.05) is 0 Å². The molecule has 82 valence electrons. The Morgan fingerprint density at radius 3 is 1.56 bits per heavy atom. The third-order valence-corrected chi connectivity index (χ3v) is 2.92. The minimum Gasteiger partial charge on any atom is -0.196 e. The van der Waals surface area contributed by atoms with E-state index in [0.717, 1.165) is 13.1 Å². The van der Waals surface area contributed by atoms with Gasteiger partial charge >= 0.3 is 0 Å². The molecular formula is C14H18N2+2. The molecule has 0 radical (unpaired) electrons. The summed E-state index contributed by atoms with van der Waals surface area (Å²) < 4.78 is 4.55. The molecule has 0 saturated heterocycles. The summed E-state index contributed by atoms with van der Waals surface area (Å²) >= 11 is 0. The normalized spacial score (nSPS) is 10.4. The van der Waals surface area contributed by atoms with Crippen molar-refractivity contribution in [1.29, 1.82) is 0 Å². The van der Waals surface area contributed by atoms with Crippen LogP contribution in [0.25, 0.3) is 0 Å². The maximum atomic E-state index is 2.28. The maximum Gasteiger partial charge on any atom is 0.206 e. The Kier molecular flexibility index (Phi) is 3.30. The summed E-state index contributed by atoms with van der Waals surface area (Å²) in [5, 5.41) is 0. The Morgan fingerprint density at radius 1 is 0.750 bits per heavy atom. The van der Waals surface area contributed by atoms with Crippen molar-refractivity contribution in [3.05, 3.63) is 60.2 Å². The van der Waals surface area contributed by atoms with Gasteiger partial charge in [-0.05, 0) is 0 Å². The highest BCUT2D eigenvalue weighted by atomic mass is 15.0. The second kappa shape index (κ2) is 4.88. The molecule has 2 heteroatoms. The van der Waals surface area contributed by atoms with E-state index in [9.17, 15) is 0 Å². The van der Waals surface area contributed by atoms with Gasteiger partial charge in [-0.3, -0.25) is 0 Å². The molecule has 0 amide bonds. The van der Waals surface area contributed by atoms with E-state index in [4.69, 9.17) is 0 Å². The minimum absolute atomic E-state index is 1.02. The number of aryl methyl sites for hydroxylation is 4. The molecule has 0 N–H and O–H groups in total. The van der Waals surface area contributed by atoms with Crippen LogP contribution in [0.4, 0.5) is 0 Å². The summed E-state index contributed by atoms with van der Waals surface area (Å²) in [5.74, 6) is 0. The average molecular weight is 214 g/mol. The van der Waals surface area contributed by atoms with Crippen LogP contribution in [0.5, 0.6) is 0 Å². The van der Waals surface area contributed by atoms with Crippen molar-refractivity contribution < 1.29 is 9.13 Å². The molecule has 2 nitrogen and oxygen atoms in total. The van der Waals surface area contributed by atoms with Gasteiger partial charge in [0.15, 0.2) is 23.8 Å². The molecule has 0 aliphatic heterocycles. The standard InChI is InChI=1S/C14H18N2/c1-13-7-3-5-9-15(13)11-12-16-10-6-4-8-14(16)2/h3-10H,11-12H2,1-2H3/q+2. The highest BCUT2D eigenvalue weighted by Gasteiger charge is 2.09. The molecule has 16 heavy (non-hydrogen) atoms. The highest BCUT2D eigenvalue weighted by molar-refractivity contribution is 4.94. The number of rotatable bonds is 3. The molecule has 0 spiro atoms. The quantitative estimate of drug-likeness (QED) is 0.685. The fraction of sp³-hybridized carbons (Fsp3) is 0.286. The van der Waals surface area contributed by atoms with Crippen molar-refractivity contribution >= 4 is 0 Å². The van der Waals surface area contributed by atoms with Crippen molar-refractivity contribution in [3.8, 4) is 0 Å². The third-order valence-electron chi connectivity index (χ3n) is 2.92. The van der Waals surface area contributed by atoms with E-state index < -0.39 is 0 Å². The number of hydrogen-bond acceptors (Lipinski definition) is 0. The van der Waals surface area contributed by atoms with E-state index in [1.165, 1.54) is 11.4 Å². The Labute approximate surface area is 96.8 Å². The first-order valence-electron chi connectivity index (χ1n) is 5.67. The van der Waals surface area contributed by atoms with Crippen molar-refractivity contribution in [2.24, 2.45) is 0 Å². The Bertz CT molecular complexity index is 432. The zero-order valence-electron chi connectivity index (χ0n) is 9.93. The van der Waals surface area contributed by atoms with Gasteiger partial charge in [-0.2, -0.15) is 9.13 Å². The SMILES string of the molecule is Cc1cccc[n+]1CC[n+]1ccccc1C. The predicted molar refractivity (Wildman–Crippen MR) is 62.7 cm³/mol. The summed E-state index contributed by atoms with van der Waals surface area (Å²) in [6, 6.07) is 12.6. The van der Waals surface area contributed by atoms with Crippen LogP contribution >= 0.6 is 0 Å². The van der Waals surface area contributed by atoms with Crippen LogP contribution < -0.4 is 9.13 Å². The zero-order chi connectivity index (χ0) is 11.4. The van der Waals surface area contributed by atoms with Gasteiger partial charge in [0.1, 0.15) is 0 Å². The van der Waals surface area contributed by atoms with Gasteiger partial charge in [0, 0.05) is 38.1 Å². The fourth-order valence-electron chi connectivity index (χ4n) is 1.84. The van der Waals surface area contributed by atoms with Crippen LogP contribution in [-0.2, 0) is 13.1 Å². The Hall–Kier alpha value is -1.70. The molecule has 0 aliphatic carbocycles. The van der Waals surface area contributed by atoms with Crippen molar-refractivity contribution in [1.82, 2.24) is 0 Å². The lowest BCUT2D eigenvalue weighted by Crippen LogP contribution is -2.47. The van der Waals surface area contributed by atoms with E-state index in [0.29, 0.717) is 0 Å². The Morgan fingerprint density at radius 2 is 1.19 bits per heavy atom. The molecule has 2 heterocycles. The molecule has 2 aromatic rings. The second-order valence-electron chi connectivity index (χ2n) is 4.07. The molecule has 0 aliphatic rings. The van der Waals surface area contributed by atoms with Gasteiger partial charge < -0.3 is 0 Å². The van der Waals surface area contributed by atoms with E-state index in [1.54, 1.807) is 0 Å². The largest absolute Gasteiger partial charge is 0.206 e. The van der Waals surface area contributed by atoms with E-state index in [-0.39, 0.29) is 0 Å². The summed E-state index contributed by atoms with van der Waals surface area (Å²) in [4.78, 5) is 0. The minimum atomic E-state index is 1.02. The smallest absolute Gasteiger partial charge is 0.196 e. The summed E-state index contributed by atoms with van der Waals surface area (Å²) in [6.07, 6.45) is 4.27. The van der Waals surface area contributed by atoms with Crippen LogP contribution in [0.15, 0.2) is 48.8 Å². The lowest BCUT2D eigenvalue weighted by atomic mass is 10.3. The first-order chi connectivity index (χ1) is 7.77. The van der Waals surface area contributed by atoms with Crippen LogP contribution in [0, 0.1) is 13.8 Å². The van der Waals surface area contributed by atoms with E-state index >= 15 is 0 Å². The van der Waals surface area contributed by atoms with Gasteiger partial charge in [0.25, 0.3) is 0 Å². The molecule has 0 atom stereocenters. The highest BCUT2D eigenvalue weighted by Crippen LogP contribution is 1.89. The second-order valence-corrected chi connectivity index (χ2v) is 4.07. The molecule has 0 unspecified atom stereocenters. The van der Waals surface area contributed by atoms with Gasteiger partial charge in [0.05, 0.1) is 0 Å². The maximum absolute atomic E-state index is 2.28. The average Bonchev–Trinajstić information content (AvgIpc) is 2.30. The lowest BCUT2D eigenvalue weighted by Gasteiger charge is -1.99. The van der Waals surface area contributed by atoms with Gasteiger partial charge in [-0.25, -0.2) is 0 Å². The summed E-state index contributed by atoms with van der Waals surface area (Å²) in [5.41, 5.74) is 2.60. The fourth-order valence-corrected chi connectivity index (χ4v) is 1.84. The molecular weight excluding hydrogens is 196 g/mol. The lowest BCUT2D eigenvalue weighted by molar-refractivity contribution is -0.783. The number of nitrogens with zero attached hydrogens (tertiary/aromatic N) is 2. The Balaban J connectivity index is 2.09. The van der Waals surface area contributed by atoms with E-state index in [1.807, 2.05) is 0 Å². The van der Waals surface area contributed by atoms with Crippen molar-refractivity contribution in [3.63, 3.8) is 0 Å². The number of hydrogen-bond donors (Lipinski definition) is 0. The first-order valence-corrected chi connectivity index (χ1v) is 5.67. The van der Waals surface area contributed by atoms with Gasteiger partial charge in [-0.15, -0.1) is 0 Å². The zero-order valence-corrected chi connectivity index (χ0v) is 9.93. The van der Waals surface area contributed by atoms with E-state index in [2.05, 4.69) is 71.8 Å². The molecule has 2 rings (SSSR count).